The minimum atomic E-state index is -0.688. The molecule has 0 aliphatic rings. The molecular weight excluding hydrogens is 403 g/mol. The van der Waals surface area contributed by atoms with Gasteiger partial charge in [0.2, 0.25) is 0 Å². The van der Waals surface area contributed by atoms with Crippen LogP contribution in [0.15, 0.2) is 0 Å². The Balaban J connectivity index is 0. The van der Waals surface area contributed by atoms with Crippen molar-refractivity contribution in [1.29, 1.82) is 0 Å². The molecule has 0 fully saturated rings. The van der Waals surface area contributed by atoms with E-state index >= 15 is 0 Å². The molecule has 0 bridgehead atoms. The molecule has 0 N–H and O–H groups in total. The second-order valence-electron chi connectivity index (χ2n) is 9.89. The summed E-state index contributed by atoms with van der Waals surface area (Å²) in [6.45, 7) is 9.40. The van der Waals surface area contributed by atoms with Crippen molar-refractivity contribution in [2.24, 2.45) is 0 Å². The highest BCUT2D eigenvalue weighted by Gasteiger charge is 2.34. The minimum Gasteiger partial charge on any atom is -1.00 e. The van der Waals surface area contributed by atoms with Gasteiger partial charge in [-0.2, -0.15) is 0 Å². The molecule has 0 amide bonds. The average Bonchev–Trinajstić information content (AvgIpc) is 2.73. The fourth-order valence-corrected chi connectivity index (χ4v) is 9.79. The molecule has 0 aliphatic heterocycles. The molecule has 0 spiro atoms. The van der Waals surface area contributed by atoms with Gasteiger partial charge in [-0.25, -0.2) is 0 Å². The van der Waals surface area contributed by atoms with Gasteiger partial charge in [0.15, 0.2) is 0 Å². The highest BCUT2D eigenvalue weighted by molar-refractivity contribution is 7.75. The molecule has 0 aromatic carbocycles. The van der Waals surface area contributed by atoms with Crippen LogP contribution in [0.3, 0.4) is 0 Å². The SMILES string of the molecule is CCCCCCCC[P+](CCCCCC)(CCCCCC)CCCCCCCC.[Cl-]. The Kier molecular flexibility index (Phi) is 28.5. The third-order valence-corrected chi connectivity index (χ3v) is 12.0. The largest absolute Gasteiger partial charge is 1.00 e. The minimum absolute atomic E-state index is 0. The molecule has 0 atom stereocenters. The second-order valence-corrected chi connectivity index (χ2v) is 14.4. The first-order valence-corrected chi connectivity index (χ1v) is 16.6. The molecular formula is C28H60ClP. The van der Waals surface area contributed by atoms with Crippen molar-refractivity contribution in [3.63, 3.8) is 0 Å². The summed E-state index contributed by atoms with van der Waals surface area (Å²) in [5, 5.41) is 0. The zero-order valence-electron chi connectivity index (χ0n) is 21.8. The molecule has 0 aliphatic carbocycles. The maximum atomic E-state index is 2.36. The second kappa shape index (κ2) is 26.0. The van der Waals surface area contributed by atoms with E-state index in [1.165, 1.54) is 103 Å². The summed E-state index contributed by atoms with van der Waals surface area (Å²) in [6.07, 6.45) is 36.1. The molecule has 0 nitrogen and oxygen atoms in total. The molecule has 0 saturated carbocycles. The lowest BCUT2D eigenvalue weighted by Crippen LogP contribution is -3.00. The first-order valence-electron chi connectivity index (χ1n) is 14.1. The van der Waals surface area contributed by atoms with Crippen molar-refractivity contribution in [2.45, 2.75) is 156 Å². The predicted octanol–water partition coefficient (Wildman–Crippen LogP) is 7.89. The molecule has 0 aromatic rings. The molecule has 184 valence electrons. The highest BCUT2D eigenvalue weighted by Crippen LogP contribution is 2.61. The molecule has 0 radical (unpaired) electrons. The number of unbranched alkanes of at least 4 members (excludes halogenated alkanes) is 16. The first-order chi connectivity index (χ1) is 14.2. The van der Waals surface area contributed by atoms with Crippen LogP contribution in [-0.4, -0.2) is 24.6 Å². The van der Waals surface area contributed by atoms with Gasteiger partial charge in [-0.15, -0.1) is 0 Å². The maximum Gasteiger partial charge on any atom is 0.0594 e. The van der Waals surface area contributed by atoms with Gasteiger partial charge >= 0.3 is 0 Å². The van der Waals surface area contributed by atoms with Crippen LogP contribution in [0.4, 0.5) is 0 Å². The van der Waals surface area contributed by atoms with E-state index in [0.717, 1.165) is 0 Å². The van der Waals surface area contributed by atoms with E-state index in [9.17, 15) is 0 Å². The number of hydrogen-bond acceptors (Lipinski definition) is 0. The quantitative estimate of drug-likeness (QED) is 0.101. The predicted molar refractivity (Wildman–Crippen MR) is 141 cm³/mol. The number of halogens is 1. The number of hydrogen-bond donors (Lipinski definition) is 0. The zero-order valence-corrected chi connectivity index (χ0v) is 23.4. The average molecular weight is 463 g/mol. The normalized spacial score (nSPS) is 11.6. The maximum absolute atomic E-state index is 2.36. The Labute approximate surface area is 200 Å². The van der Waals surface area contributed by atoms with Crippen molar-refractivity contribution in [3.05, 3.63) is 0 Å². The van der Waals surface area contributed by atoms with Crippen LogP contribution >= 0.6 is 7.26 Å². The summed E-state index contributed by atoms with van der Waals surface area (Å²) in [4.78, 5) is 0. The van der Waals surface area contributed by atoms with Crippen LogP contribution in [0.25, 0.3) is 0 Å². The van der Waals surface area contributed by atoms with Crippen LogP contribution in [0.5, 0.6) is 0 Å². The Morgan fingerprint density at radius 3 is 0.767 bits per heavy atom. The summed E-state index contributed by atoms with van der Waals surface area (Å²) >= 11 is 0. The molecule has 0 unspecified atom stereocenters. The van der Waals surface area contributed by atoms with Crippen molar-refractivity contribution < 1.29 is 12.4 Å². The van der Waals surface area contributed by atoms with Crippen LogP contribution in [0.2, 0.25) is 0 Å². The van der Waals surface area contributed by atoms with E-state index in [4.69, 9.17) is 0 Å². The van der Waals surface area contributed by atoms with Crippen molar-refractivity contribution in [3.8, 4) is 0 Å². The number of rotatable bonds is 24. The summed E-state index contributed by atoms with van der Waals surface area (Å²) in [6, 6.07) is 0. The molecule has 0 aromatic heterocycles. The lowest BCUT2D eigenvalue weighted by atomic mass is 10.1. The van der Waals surface area contributed by atoms with Crippen LogP contribution < -0.4 is 12.4 Å². The summed E-state index contributed by atoms with van der Waals surface area (Å²) in [5.74, 6) is 0. The standard InChI is InChI=1S/C28H60P.ClH/c1-5-9-13-17-19-23-27-29(25-21-15-11-7-3,26-22-16-12-8-4)28-24-20-18-14-10-6-2;/h5-28H2,1-4H3;1H/q+1;/p-1. The third-order valence-electron chi connectivity index (χ3n) is 6.94. The van der Waals surface area contributed by atoms with Gasteiger partial charge in [-0.05, 0) is 51.4 Å². The summed E-state index contributed by atoms with van der Waals surface area (Å²) in [7, 11) is -0.688. The molecule has 0 heterocycles. The van der Waals surface area contributed by atoms with E-state index in [2.05, 4.69) is 27.7 Å². The van der Waals surface area contributed by atoms with Gasteiger partial charge in [-0.3, -0.25) is 0 Å². The molecule has 30 heavy (non-hydrogen) atoms. The fraction of sp³-hybridized carbons (Fsp3) is 1.00. The zero-order chi connectivity index (χ0) is 21.5. The van der Waals surface area contributed by atoms with Crippen LogP contribution in [0.1, 0.15) is 156 Å². The molecule has 2 heteroatoms. The highest BCUT2D eigenvalue weighted by atomic mass is 35.5. The third kappa shape index (κ3) is 20.6. The first kappa shape index (κ1) is 32.9. The van der Waals surface area contributed by atoms with E-state index in [1.54, 1.807) is 50.3 Å². The van der Waals surface area contributed by atoms with E-state index in [0.29, 0.717) is 0 Å². The Hall–Kier alpha value is 0.720. The van der Waals surface area contributed by atoms with Crippen molar-refractivity contribution in [1.82, 2.24) is 0 Å². The summed E-state index contributed by atoms with van der Waals surface area (Å²) in [5.41, 5.74) is 0. The van der Waals surface area contributed by atoms with Gasteiger partial charge in [0, 0.05) is 7.26 Å². The van der Waals surface area contributed by atoms with Crippen LogP contribution in [0, 0.1) is 0 Å². The molecule has 0 rings (SSSR count). The Bertz CT molecular complexity index is 275. The van der Waals surface area contributed by atoms with Crippen molar-refractivity contribution >= 4 is 7.26 Å². The molecule has 0 saturated heterocycles. The lowest BCUT2D eigenvalue weighted by Gasteiger charge is -2.28. The monoisotopic (exact) mass is 462 g/mol. The fourth-order valence-electron chi connectivity index (χ4n) is 4.87. The van der Waals surface area contributed by atoms with E-state index in [-0.39, 0.29) is 12.4 Å². The van der Waals surface area contributed by atoms with E-state index in [1.807, 2.05) is 0 Å². The van der Waals surface area contributed by atoms with Gasteiger partial charge in [0.25, 0.3) is 0 Å². The summed E-state index contributed by atoms with van der Waals surface area (Å²) < 4.78 is 0. The van der Waals surface area contributed by atoms with Crippen LogP contribution in [-0.2, 0) is 0 Å². The van der Waals surface area contributed by atoms with Gasteiger partial charge < -0.3 is 12.4 Å². The Morgan fingerprint density at radius 1 is 0.300 bits per heavy atom. The van der Waals surface area contributed by atoms with Gasteiger partial charge in [-0.1, -0.05) is 105 Å². The lowest BCUT2D eigenvalue weighted by molar-refractivity contribution is -0.00000667. The smallest absolute Gasteiger partial charge is 0.0594 e. The topological polar surface area (TPSA) is 0 Å². The Morgan fingerprint density at radius 2 is 0.500 bits per heavy atom. The van der Waals surface area contributed by atoms with Gasteiger partial charge in [0.05, 0.1) is 24.6 Å². The van der Waals surface area contributed by atoms with Gasteiger partial charge in [0.1, 0.15) is 0 Å². The van der Waals surface area contributed by atoms with Crippen molar-refractivity contribution in [2.75, 3.05) is 24.6 Å². The van der Waals surface area contributed by atoms with E-state index < -0.39 is 7.26 Å².